The van der Waals surface area contributed by atoms with Crippen LogP contribution in [0, 0.1) is 5.92 Å². The van der Waals surface area contributed by atoms with Gasteiger partial charge in [-0.25, -0.2) is 0 Å². The molecule has 1 aromatic rings. The van der Waals surface area contributed by atoms with Crippen LogP contribution in [0.4, 0.5) is 5.69 Å². The van der Waals surface area contributed by atoms with Crippen LogP contribution >= 0.6 is 0 Å². The standard InChI is InChI=1S/C18H28N2.2C2H6/c1-5-6-7-10-15(4)17-13-20(19-14(2)3)18-12-9-8-11-16(17)18;2*1-2/h8-9,11-12,15,17H,5-7,10,13H2,1-4H3;2*1-2H3. The normalized spacial score (nSPS) is 16.2. The van der Waals surface area contributed by atoms with Crippen LogP contribution in [0.3, 0.4) is 0 Å². The maximum Gasteiger partial charge on any atom is 0.0629 e. The van der Waals surface area contributed by atoms with Crippen molar-refractivity contribution in [1.82, 2.24) is 0 Å². The van der Waals surface area contributed by atoms with E-state index in [2.05, 4.69) is 57.0 Å². The molecule has 2 rings (SSSR count). The number of rotatable bonds is 6. The van der Waals surface area contributed by atoms with Gasteiger partial charge in [0.05, 0.1) is 5.69 Å². The summed E-state index contributed by atoms with van der Waals surface area (Å²) in [5.74, 6) is 1.37. The van der Waals surface area contributed by atoms with Crippen molar-refractivity contribution < 1.29 is 0 Å². The fraction of sp³-hybridized carbons (Fsp3) is 0.682. The summed E-state index contributed by atoms with van der Waals surface area (Å²) in [5, 5.41) is 6.90. The molecule has 1 aromatic carbocycles. The first-order valence-corrected chi connectivity index (χ1v) is 10.0. The van der Waals surface area contributed by atoms with Crippen LogP contribution < -0.4 is 5.01 Å². The molecular formula is C22H40N2. The average molecular weight is 333 g/mol. The second-order valence-corrected chi connectivity index (χ2v) is 6.27. The molecule has 0 amide bonds. The number of unbranched alkanes of at least 4 members (excludes halogenated alkanes) is 2. The fourth-order valence-electron chi connectivity index (χ4n) is 3.16. The summed E-state index contributed by atoms with van der Waals surface area (Å²) in [6, 6.07) is 8.78. The Morgan fingerprint density at radius 3 is 2.33 bits per heavy atom. The number of hydrogen-bond donors (Lipinski definition) is 0. The summed E-state index contributed by atoms with van der Waals surface area (Å²) in [7, 11) is 0. The maximum absolute atomic E-state index is 4.70. The first-order chi connectivity index (χ1) is 11.6. The van der Waals surface area contributed by atoms with Gasteiger partial charge in [-0.15, -0.1) is 0 Å². The molecule has 0 bridgehead atoms. The molecule has 0 aromatic heterocycles. The van der Waals surface area contributed by atoms with E-state index < -0.39 is 0 Å². The van der Waals surface area contributed by atoms with Gasteiger partial charge in [-0.05, 0) is 31.4 Å². The highest BCUT2D eigenvalue weighted by Crippen LogP contribution is 2.41. The maximum atomic E-state index is 4.70. The zero-order valence-corrected chi connectivity index (χ0v) is 17.4. The van der Waals surface area contributed by atoms with Crippen molar-refractivity contribution in [2.75, 3.05) is 11.6 Å². The molecule has 2 unspecified atom stereocenters. The van der Waals surface area contributed by atoms with Crippen LogP contribution in [-0.4, -0.2) is 12.3 Å². The quantitative estimate of drug-likeness (QED) is 0.395. The molecular weight excluding hydrogens is 292 g/mol. The SMILES string of the molecule is CC.CC.CCCCCC(C)C1CN(N=C(C)C)c2ccccc21. The number of para-hydroxylation sites is 1. The first kappa shape index (κ1) is 22.7. The molecule has 0 saturated carbocycles. The van der Waals surface area contributed by atoms with Crippen LogP contribution in [0.2, 0.25) is 0 Å². The molecule has 2 nitrogen and oxygen atoms in total. The van der Waals surface area contributed by atoms with Gasteiger partial charge in [0, 0.05) is 18.2 Å². The van der Waals surface area contributed by atoms with Gasteiger partial charge in [-0.3, -0.25) is 5.01 Å². The summed E-state index contributed by atoms with van der Waals surface area (Å²) < 4.78 is 0. The van der Waals surface area contributed by atoms with Crippen LogP contribution in [0.25, 0.3) is 0 Å². The highest BCUT2D eigenvalue weighted by Gasteiger charge is 2.31. The molecule has 0 fully saturated rings. The molecule has 0 saturated heterocycles. The van der Waals surface area contributed by atoms with E-state index >= 15 is 0 Å². The lowest BCUT2D eigenvalue weighted by atomic mass is 9.85. The monoisotopic (exact) mass is 332 g/mol. The topological polar surface area (TPSA) is 15.6 Å². The van der Waals surface area contributed by atoms with Crippen molar-refractivity contribution in [3.8, 4) is 0 Å². The molecule has 0 aliphatic carbocycles. The summed E-state index contributed by atoms with van der Waals surface area (Å²) in [6.07, 6.45) is 5.34. The van der Waals surface area contributed by atoms with E-state index in [1.807, 2.05) is 27.7 Å². The number of fused-ring (bicyclic) bond motifs is 1. The van der Waals surface area contributed by atoms with Gasteiger partial charge < -0.3 is 0 Å². The molecule has 0 spiro atoms. The number of anilines is 1. The average Bonchev–Trinajstić information content (AvgIpc) is 2.97. The van der Waals surface area contributed by atoms with Gasteiger partial charge in [0.15, 0.2) is 0 Å². The minimum Gasteiger partial charge on any atom is -0.265 e. The summed E-state index contributed by atoms with van der Waals surface area (Å²) in [5.41, 5.74) is 3.92. The summed E-state index contributed by atoms with van der Waals surface area (Å²) >= 11 is 0. The molecule has 2 atom stereocenters. The Bertz CT molecular complexity index is 461. The minimum atomic E-state index is 0.631. The van der Waals surface area contributed by atoms with E-state index in [-0.39, 0.29) is 0 Å². The van der Waals surface area contributed by atoms with Crippen LogP contribution in [0.1, 0.15) is 92.6 Å². The van der Waals surface area contributed by atoms with E-state index in [1.54, 1.807) is 0 Å². The Balaban J connectivity index is 0.00000123. The Kier molecular flexibility index (Phi) is 12.3. The first-order valence-electron chi connectivity index (χ1n) is 10.0. The molecule has 138 valence electrons. The van der Waals surface area contributed by atoms with E-state index in [0.29, 0.717) is 5.92 Å². The van der Waals surface area contributed by atoms with Crippen molar-refractivity contribution in [2.24, 2.45) is 11.0 Å². The van der Waals surface area contributed by atoms with Crippen molar-refractivity contribution >= 4 is 11.4 Å². The largest absolute Gasteiger partial charge is 0.265 e. The predicted octanol–water partition coefficient (Wildman–Crippen LogP) is 7.25. The fourth-order valence-corrected chi connectivity index (χ4v) is 3.16. The third-order valence-electron chi connectivity index (χ3n) is 4.25. The van der Waals surface area contributed by atoms with Crippen molar-refractivity contribution in [3.63, 3.8) is 0 Å². The molecule has 1 aliphatic heterocycles. The van der Waals surface area contributed by atoms with Crippen LogP contribution in [-0.2, 0) is 0 Å². The number of benzene rings is 1. The van der Waals surface area contributed by atoms with Crippen LogP contribution in [0.15, 0.2) is 29.4 Å². The molecule has 1 aliphatic rings. The lowest BCUT2D eigenvalue weighted by molar-refractivity contribution is 0.422. The van der Waals surface area contributed by atoms with E-state index in [4.69, 9.17) is 5.10 Å². The van der Waals surface area contributed by atoms with Gasteiger partial charge in [0.25, 0.3) is 0 Å². The third kappa shape index (κ3) is 6.67. The molecule has 24 heavy (non-hydrogen) atoms. The second kappa shape index (κ2) is 13.0. The zero-order valence-electron chi connectivity index (χ0n) is 17.4. The lowest BCUT2D eigenvalue weighted by Crippen LogP contribution is -2.19. The Labute approximate surface area is 151 Å². The van der Waals surface area contributed by atoms with Gasteiger partial charge in [-0.2, -0.15) is 5.10 Å². The molecule has 2 heteroatoms. The number of hydrogen-bond acceptors (Lipinski definition) is 2. The van der Waals surface area contributed by atoms with E-state index in [1.165, 1.54) is 36.9 Å². The van der Waals surface area contributed by atoms with Crippen molar-refractivity contribution in [1.29, 1.82) is 0 Å². The Hall–Kier alpha value is -1.31. The van der Waals surface area contributed by atoms with Gasteiger partial charge in [-0.1, -0.05) is 85.4 Å². The van der Waals surface area contributed by atoms with Crippen molar-refractivity contribution in [2.45, 2.75) is 87.0 Å². The minimum absolute atomic E-state index is 0.631. The smallest absolute Gasteiger partial charge is 0.0629 e. The number of hydrazone groups is 1. The summed E-state index contributed by atoms with van der Waals surface area (Å²) in [4.78, 5) is 0. The Morgan fingerprint density at radius 1 is 1.12 bits per heavy atom. The highest BCUT2D eigenvalue weighted by molar-refractivity contribution is 5.80. The van der Waals surface area contributed by atoms with E-state index in [9.17, 15) is 0 Å². The zero-order chi connectivity index (χ0) is 18.5. The predicted molar refractivity (Wildman–Crippen MR) is 111 cm³/mol. The van der Waals surface area contributed by atoms with E-state index in [0.717, 1.165) is 18.2 Å². The van der Waals surface area contributed by atoms with Gasteiger partial charge in [0.1, 0.15) is 0 Å². The second-order valence-electron chi connectivity index (χ2n) is 6.27. The molecule has 0 N–H and O–H groups in total. The molecule has 1 heterocycles. The lowest BCUT2D eigenvalue weighted by Gasteiger charge is -2.20. The van der Waals surface area contributed by atoms with Crippen LogP contribution in [0.5, 0.6) is 0 Å². The summed E-state index contributed by atoms with van der Waals surface area (Å²) in [6.45, 7) is 17.9. The van der Waals surface area contributed by atoms with Gasteiger partial charge >= 0.3 is 0 Å². The highest BCUT2D eigenvalue weighted by atomic mass is 15.5. The number of nitrogens with zero attached hydrogens (tertiary/aromatic N) is 2. The third-order valence-corrected chi connectivity index (χ3v) is 4.25. The van der Waals surface area contributed by atoms with Crippen molar-refractivity contribution in [3.05, 3.63) is 29.8 Å². The molecule has 0 radical (unpaired) electrons. The Morgan fingerprint density at radius 2 is 1.75 bits per heavy atom. The van der Waals surface area contributed by atoms with Gasteiger partial charge in [0.2, 0.25) is 0 Å².